The van der Waals surface area contributed by atoms with Crippen molar-refractivity contribution in [3.05, 3.63) is 52.1 Å². The Kier molecular flexibility index (Phi) is 6.86. The first-order valence-electron chi connectivity index (χ1n) is 11.0. The number of aryl methyl sites for hydroxylation is 1. The number of aromatic nitrogens is 1. The number of nitrogens with two attached hydrogens (primary N) is 1. The van der Waals surface area contributed by atoms with Gasteiger partial charge in [-0.25, -0.2) is 4.39 Å². The van der Waals surface area contributed by atoms with Gasteiger partial charge in [-0.3, -0.25) is 19.3 Å². The molecule has 1 aromatic carbocycles. The van der Waals surface area contributed by atoms with Crippen LogP contribution >= 0.6 is 0 Å². The van der Waals surface area contributed by atoms with Gasteiger partial charge in [-0.05, 0) is 75.8 Å². The molecule has 0 radical (unpaired) electrons. The Morgan fingerprint density at radius 3 is 2.17 bits per heavy atom. The van der Waals surface area contributed by atoms with Gasteiger partial charge < -0.3 is 15.4 Å². The van der Waals surface area contributed by atoms with Gasteiger partial charge in [-0.1, -0.05) is 0 Å². The number of aliphatic hydroxyl groups is 1. The standard InChI is InChI=1S/C24H27F4N3O4/c1-12-11-15(5-6-17(12)25)31(23(24(26,27)28)9-7-16(32)8-10-23)22(35)20(33)19-13(2)18(21(29)34)14(3)30(19)4/h5-6,11,16,32H,7-10H2,1-4H3,(H2,29,34). The Labute approximate surface area is 199 Å². The van der Waals surface area contributed by atoms with Gasteiger partial charge in [0.2, 0.25) is 0 Å². The third-order valence-electron chi connectivity index (χ3n) is 6.93. The number of amides is 2. The first-order chi connectivity index (χ1) is 16.1. The zero-order valence-electron chi connectivity index (χ0n) is 19.8. The molecule has 0 unspecified atom stereocenters. The number of anilines is 1. The number of nitrogens with zero attached hydrogens (tertiary/aromatic N) is 2. The van der Waals surface area contributed by atoms with Crippen LogP contribution in [0.4, 0.5) is 23.2 Å². The van der Waals surface area contributed by atoms with Gasteiger partial charge in [-0.2, -0.15) is 13.2 Å². The fourth-order valence-corrected chi connectivity index (χ4v) is 4.91. The lowest BCUT2D eigenvalue weighted by molar-refractivity contribution is -0.200. The van der Waals surface area contributed by atoms with Crippen LogP contribution in [0.25, 0.3) is 0 Å². The van der Waals surface area contributed by atoms with Gasteiger partial charge in [0.15, 0.2) is 0 Å². The van der Waals surface area contributed by atoms with Crippen molar-refractivity contribution in [3.63, 3.8) is 0 Å². The number of benzene rings is 1. The fourth-order valence-electron chi connectivity index (χ4n) is 4.91. The van der Waals surface area contributed by atoms with E-state index in [1.165, 1.54) is 32.4 Å². The highest BCUT2D eigenvalue weighted by atomic mass is 19.4. The first kappa shape index (κ1) is 26.4. The van der Waals surface area contributed by atoms with E-state index in [2.05, 4.69) is 0 Å². The van der Waals surface area contributed by atoms with Crippen molar-refractivity contribution >= 4 is 23.3 Å². The first-order valence-corrected chi connectivity index (χ1v) is 11.0. The maximum Gasteiger partial charge on any atom is 0.412 e. The number of carbonyl (C=O) groups is 3. The van der Waals surface area contributed by atoms with Gasteiger partial charge in [0.05, 0.1) is 17.4 Å². The molecule has 0 atom stereocenters. The summed E-state index contributed by atoms with van der Waals surface area (Å²) < 4.78 is 59.2. The fraction of sp³-hybridized carbons (Fsp3) is 0.458. The number of hydrogen-bond donors (Lipinski definition) is 2. The second kappa shape index (κ2) is 9.10. The van der Waals surface area contributed by atoms with E-state index in [9.17, 15) is 37.1 Å². The highest BCUT2D eigenvalue weighted by Gasteiger charge is 2.62. The van der Waals surface area contributed by atoms with Gasteiger partial charge in [-0.15, -0.1) is 0 Å². The lowest BCUT2D eigenvalue weighted by Crippen LogP contribution is -2.64. The van der Waals surface area contributed by atoms with E-state index in [1.807, 2.05) is 0 Å². The summed E-state index contributed by atoms with van der Waals surface area (Å²) in [4.78, 5) is 39.4. The molecule has 1 aromatic heterocycles. The quantitative estimate of drug-likeness (QED) is 0.374. The van der Waals surface area contributed by atoms with Crippen molar-refractivity contribution in [2.24, 2.45) is 12.8 Å². The highest BCUT2D eigenvalue weighted by Crippen LogP contribution is 2.48. The van der Waals surface area contributed by atoms with Crippen LogP contribution in [0.3, 0.4) is 0 Å². The van der Waals surface area contributed by atoms with E-state index in [0.717, 1.165) is 18.2 Å². The SMILES string of the molecule is Cc1cc(N(C(=O)C(=O)c2c(C)c(C(N)=O)c(C)n2C)C2(C(F)(F)F)CCC(O)CC2)ccc1F. The summed E-state index contributed by atoms with van der Waals surface area (Å²) >= 11 is 0. The van der Waals surface area contributed by atoms with Crippen LogP contribution in [0.5, 0.6) is 0 Å². The molecule has 0 spiro atoms. The zero-order chi connectivity index (χ0) is 26.5. The molecule has 3 rings (SSSR count). The lowest BCUT2D eigenvalue weighted by Gasteiger charge is -2.47. The zero-order valence-corrected chi connectivity index (χ0v) is 19.8. The summed E-state index contributed by atoms with van der Waals surface area (Å²) in [5, 5.41) is 9.89. The number of halogens is 4. The van der Waals surface area contributed by atoms with Crippen LogP contribution in [-0.4, -0.2) is 45.1 Å². The molecule has 1 fully saturated rings. The smallest absolute Gasteiger partial charge is 0.393 e. The van der Waals surface area contributed by atoms with Crippen LogP contribution in [0.2, 0.25) is 0 Å². The predicted octanol–water partition coefficient (Wildman–Crippen LogP) is 3.64. The van der Waals surface area contributed by atoms with Crippen LogP contribution in [-0.2, 0) is 11.8 Å². The molecule has 3 N–H and O–H groups in total. The van der Waals surface area contributed by atoms with Crippen LogP contribution in [0, 0.1) is 26.6 Å². The molecule has 2 aromatic rings. The Balaban J connectivity index is 2.25. The summed E-state index contributed by atoms with van der Waals surface area (Å²) in [6.07, 6.45) is -7.74. The minimum atomic E-state index is -4.97. The van der Waals surface area contributed by atoms with Crippen molar-refractivity contribution in [3.8, 4) is 0 Å². The number of aliphatic hydroxyl groups excluding tert-OH is 1. The van der Waals surface area contributed by atoms with Crippen LogP contribution in [0.1, 0.15) is 63.4 Å². The topological polar surface area (TPSA) is 106 Å². The number of ketones is 1. The van der Waals surface area contributed by atoms with E-state index in [1.54, 1.807) is 0 Å². The largest absolute Gasteiger partial charge is 0.412 e. The molecule has 35 heavy (non-hydrogen) atoms. The van der Waals surface area contributed by atoms with E-state index in [-0.39, 0.29) is 46.6 Å². The molecule has 0 bridgehead atoms. The number of carbonyl (C=O) groups excluding carboxylic acids is 3. The molecule has 0 saturated heterocycles. The molecule has 190 valence electrons. The van der Waals surface area contributed by atoms with Crippen LogP contribution in [0.15, 0.2) is 18.2 Å². The molecule has 11 heteroatoms. The van der Waals surface area contributed by atoms with E-state index < -0.39 is 54.1 Å². The molecule has 1 heterocycles. The second-order valence-corrected chi connectivity index (χ2v) is 9.02. The van der Waals surface area contributed by atoms with Crippen molar-refractivity contribution in [1.82, 2.24) is 4.57 Å². The average Bonchev–Trinajstić information content (AvgIpc) is 2.99. The van der Waals surface area contributed by atoms with Gasteiger partial charge >= 0.3 is 12.1 Å². The second-order valence-electron chi connectivity index (χ2n) is 9.02. The lowest BCUT2D eigenvalue weighted by atomic mass is 9.77. The molecular formula is C24H27F4N3O4. The van der Waals surface area contributed by atoms with E-state index >= 15 is 0 Å². The number of hydrogen-bond acceptors (Lipinski definition) is 4. The number of Topliss-reactive ketones (excluding diaryl/α,β-unsaturated/α-hetero) is 1. The highest BCUT2D eigenvalue weighted by molar-refractivity contribution is 6.47. The number of alkyl halides is 3. The Morgan fingerprint density at radius 2 is 1.71 bits per heavy atom. The summed E-state index contributed by atoms with van der Waals surface area (Å²) in [6, 6.07) is 3.03. The molecule has 0 aliphatic heterocycles. The van der Waals surface area contributed by atoms with Crippen molar-refractivity contribution < 1.29 is 37.1 Å². The minimum absolute atomic E-state index is 0.000787. The van der Waals surface area contributed by atoms with Gasteiger partial charge in [0.1, 0.15) is 11.4 Å². The normalized spacial score (nSPS) is 20.5. The van der Waals surface area contributed by atoms with Gasteiger partial charge in [0, 0.05) is 18.4 Å². The third kappa shape index (κ3) is 4.33. The predicted molar refractivity (Wildman–Crippen MR) is 120 cm³/mol. The minimum Gasteiger partial charge on any atom is -0.393 e. The van der Waals surface area contributed by atoms with E-state index in [0.29, 0.717) is 4.90 Å². The molecule has 7 nitrogen and oxygen atoms in total. The number of primary amides is 1. The van der Waals surface area contributed by atoms with Crippen molar-refractivity contribution in [2.75, 3.05) is 4.90 Å². The average molecular weight is 497 g/mol. The van der Waals surface area contributed by atoms with Gasteiger partial charge in [0.25, 0.3) is 11.7 Å². The summed E-state index contributed by atoms with van der Waals surface area (Å²) in [7, 11) is 1.40. The molecule has 1 saturated carbocycles. The van der Waals surface area contributed by atoms with Crippen LogP contribution < -0.4 is 10.6 Å². The molecule has 2 amide bonds. The van der Waals surface area contributed by atoms with Crippen molar-refractivity contribution in [2.45, 2.75) is 64.3 Å². The van der Waals surface area contributed by atoms with E-state index in [4.69, 9.17) is 5.73 Å². The summed E-state index contributed by atoms with van der Waals surface area (Å²) in [6.45, 7) is 4.21. The summed E-state index contributed by atoms with van der Waals surface area (Å²) in [5.74, 6) is -4.28. The maximum atomic E-state index is 14.7. The monoisotopic (exact) mass is 497 g/mol. The molecule has 1 aliphatic carbocycles. The molecular weight excluding hydrogens is 470 g/mol. The summed E-state index contributed by atoms with van der Waals surface area (Å²) in [5.41, 5.74) is 2.38. The maximum absolute atomic E-state index is 14.7. The number of rotatable bonds is 5. The Morgan fingerprint density at radius 1 is 1.14 bits per heavy atom. The third-order valence-corrected chi connectivity index (χ3v) is 6.93. The molecule has 1 aliphatic rings. The van der Waals surface area contributed by atoms with Crippen molar-refractivity contribution in [1.29, 1.82) is 0 Å². The Hall–Kier alpha value is -3.21. The Bertz CT molecular complexity index is 1190.